The van der Waals surface area contributed by atoms with Gasteiger partial charge >= 0.3 is 0 Å². The lowest BCUT2D eigenvalue weighted by atomic mass is 10.2. The lowest BCUT2D eigenvalue weighted by molar-refractivity contribution is 0.0300. The molecule has 3 heteroatoms. The summed E-state index contributed by atoms with van der Waals surface area (Å²) in [7, 11) is 0. The third kappa shape index (κ3) is 1.78. The Kier molecular flexibility index (Phi) is 2.44. The summed E-state index contributed by atoms with van der Waals surface area (Å²) in [4.78, 5) is 1.34. The van der Waals surface area contributed by atoms with Gasteiger partial charge in [-0.05, 0) is 17.5 Å². The van der Waals surface area contributed by atoms with Crippen LogP contribution in [0.25, 0.3) is 10.1 Å². The van der Waals surface area contributed by atoms with Gasteiger partial charge in [0.15, 0.2) is 0 Å². The molecule has 1 aliphatic rings. The number of rotatable bonds is 1. The molecule has 2 nitrogen and oxygen atoms in total. The van der Waals surface area contributed by atoms with Crippen LogP contribution in [-0.4, -0.2) is 19.7 Å². The van der Waals surface area contributed by atoms with Crippen LogP contribution in [0.1, 0.15) is 11.0 Å². The van der Waals surface area contributed by atoms with Gasteiger partial charge in [-0.3, -0.25) is 0 Å². The van der Waals surface area contributed by atoms with Crippen LogP contribution in [0.2, 0.25) is 0 Å². The molecule has 1 aromatic heterocycles. The van der Waals surface area contributed by atoms with Gasteiger partial charge in [0.25, 0.3) is 0 Å². The molecule has 1 unspecified atom stereocenters. The van der Waals surface area contributed by atoms with Crippen LogP contribution in [-0.2, 0) is 4.74 Å². The third-order valence-electron chi connectivity index (χ3n) is 2.69. The summed E-state index contributed by atoms with van der Waals surface area (Å²) in [6, 6.07) is 10.7. The minimum atomic E-state index is 0.246. The first-order chi connectivity index (χ1) is 7.43. The standard InChI is InChI=1S/C12H13NOS/c1-2-4-11-9(3-1)7-12(15-11)10-8-13-5-6-14-10/h1-4,7,10,13H,5-6,8H2. The second-order valence-corrected chi connectivity index (χ2v) is 4.87. The molecule has 78 valence electrons. The smallest absolute Gasteiger partial charge is 0.104 e. The first-order valence-corrected chi connectivity index (χ1v) is 6.06. The molecule has 1 fully saturated rings. The summed E-state index contributed by atoms with van der Waals surface area (Å²) in [5, 5.41) is 4.68. The first-order valence-electron chi connectivity index (χ1n) is 5.24. The van der Waals surface area contributed by atoms with Gasteiger partial charge in [-0.2, -0.15) is 0 Å². The van der Waals surface area contributed by atoms with E-state index in [-0.39, 0.29) is 6.10 Å². The summed E-state index contributed by atoms with van der Waals surface area (Å²) in [6.45, 7) is 2.73. The Hall–Kier alpha value is -0.900. The molecule has 0 saturated carbocycles. The normalized spacial score (nSPS) is 22.0. The Morgan fingerprint density at radius 3 is 3.07 bits per heavy atom. The minimum Gasteiger partial charge on any atom is -0.370 e. The van der Waals surface area contributed by atoms with Crippen LogP contribution in [0.15, 0.2) is 30.3 Å². The lowest BCUT2D eigenvalue weighted by Crippen LogP contribution is -2.32. The van der Waals surface area contributed by atoms with Crippen molar-refractivity contribution < 1.29 is 4.74 Å². The summed E-state index contributed by atoms with van der Waals surface area (Å²) in [5.41, 5.74) is 0. The Balaban J connectivity index is 1.96. The molecule has 3 rings (SSSR count). The molecule has 0 radical (unpaired) electrons. The number of ether oxygens (including phenoxy) is 1. The van der Waals surface area contributed by atoms with E-state index in [0.717, 1.165) is 19.7 Å². The van der Waals surface area contributed by atoms with Crippen molar-refractivity contribution in [2.45, 2.75) is 6.10 Å². The molecule has 1 atom stereocenters. The van der Waals surface area contributed by atoms with Crippen molar-refractivity contribution in [2.24, 2.45) is 0 Å². The van der Waals surface area contributed by atoms with E-state index in [9.17, 15) is 0 Å². The van der Waals surface area contributed by atoms with Crippen molar-refractivity contribution in [2.75, 3.05) is 19.7 Å². The van der Waals surface area contributed by atoms with Gasteiger partial charge in [0, 0.05) is 22.7 Å². The van der Waals surface area contributed by atoms with Crippen LogP contribution < -0.4 is 5.32 Å². The Bertz CT molecular complexity index is 426. The van der Waals surface area contributed by atoms with Crippen molar-refractivity contribution >= 4 is 21.4 Å². The maximum absolute atomic E-state index is 5.74. The van der Waals surface area contributed by atoms with Gasteiger partial charge in [0.05, 0.1) is 6.61 Å². The van der Waals surface area contributed by atoms with Gasteiger partial charge in [0.1, 0.15) is 6.10 Å². The zero-order valence-electron chi connectivity index (χ0n) is 8.40. The van der Waals surface area contributed by atoms with E-state index in [2.05, 4.69) is 35.6 Å². The summed E-state index contributed by atoms with van der Waals surface area (Å²) >= 11 is 1.84. The van der Waals surface area contributed by atoms with Gasteiger partial charge in [-0.15, -0.1) is 11.3 Å². The predicted octanol–water partition coefficient (Wildman–Crippen LogP) is 2.56. The molecule has 0 amide bonds. The van der Waals surface area contributed by atoms with Gasteiger partial charge in [-0.25, -0.2) is 0 Å². The molecule has 0 spiro atoms. The molecule has 0 aliphatic carbocycles. The third-order valence-corrected chi connectivity index (χ3v) is 3.90. The fraction of sp³-hybridized carbons (Fsp3) is 0.333. The molecule has 1 aromatic carbocycles. The number of benzene rings is 1. The fourth-order valence-electron chi connectivity index (χ4n) is 1.91. The highest BCUT2D eigenvalue weighted by Gasteiger charge is 2.17. The highest BCUT2D eigenvalue weighted by atomic mass is 32.1. The quantitative estimate of drug-likeness (QED) is 0.796. The molecule has 2 heterocycles. The van der Waals surface area contributed by atoms with Crippen molar-refractivity contribution in [3.05, 3.63) is 35.2 Å². The maximum atomic E-state index is 5.74. The predicted molar refractivity (Wildman–Crippen MR) is 63.4 cm³/mol. The zero-order chi connectivity index (χ0) is 10.1. The van der Waals surface area contributed by atoms with Gasteiger partial charge < -0.3 is 10.1 Å². The average Bonchev–Trinajstić information content (AvgIpc) is 2.74. The Morgan fingerprint density at radius 1 is 1.33 bits per heavy atom. The van der Waals surface area contributed by atoms with Gasteiger partial charge in [0.2, 0.25) is 0 Å². The lowest BCUT2D eigenvalue weighted by Gasteiger charge is -2.22. The molecule has 15 heavy (non-hydrogen) atoms. The van der Waals surface area contributed by atoms with E-state index in [1.165, 1.54) is 15.0 Å². The number of morpholine rings is 1. The first kappa shape index (κ1) is 9.33. The molecule has 0 bridgehead atoms. The second-order valence-electron chi connectivity index (χ2n) is 3.75. The van der Waals surface area contributed by atoms with Crippen molar-refractivity contribution in [1.29, 1.82) is 0 Å². The highest BCUT2D eigenvalue weighted by molar-refractivity contribution is 7.19. The SMILES string of the molecule is c1ccc2sc(C3CNCCO3)cc2c1. The molecule has 1 aliphatic heterocycles. The van der Waals surface area contributed by atoms with E-state index < -0.39 is 0 Å². The van der Waals surface area contributed by atoms with Crippen molar-refractivity contribution in [3.8, 4) is 0 Å². The monoisotopic (exact) mass is 219 g/mol. The van der Waals surface area contributed by atoms with Crippen LogP contribution in [0.4, 0.5) is 0 Å². The number of hydrogen-bond acceptors (Lipinski definition) is 3. The molecule has 1 saturated heterocycles. The topological polar surface area (TPSA) is 21.3 Å². The number of thiophene rings is 1. The van der Waals surface area contributed by atoms with Crippen LogP contribution in [0.3, 0.4) is 0 Å². The minimum absolute atomic E-state index is 0.246. The molecular weight excluding hydrogens is 206 g/mol. The van der Waals surface area contributed by atoms with Crippen molar-refractivity contribution in [3.63, 3.8) is 0 Å². The Morgan fingerprint density at radius 2 is 2.27 bits per heavy atom. The largest absolute Gasteiger partial charge is 0.370 e. The summed E-state index contributed by atoms with van der Waals surface area (Å²) in [5.74, 6) is 0. The van der Waals surface area contributed by atoms with E-state index in [4.69, 9.17) is 4.74 Å². The summed E-state index contributed by atoms with van der Waals surface area (Å²) in [6.07, 6.45) is 0.246. The Labute approximate surface area is 92.9 Å². The van der Waals surface area contributed by atoms with Gasteiger partial charge in [-0.1, -0.05) is 18.2 Å². The van der Waals surface area contributed by atoms with E-state index in [0.29, 0.717) is 0 Å². The summed E-state index contributed by atoms with van der Waals surface area (Å²) < 4.78 is 7.09. The zero-order valence-corrected chi connectivity index (χ0v) is 9.22. The average molecular weight is 219 g/mol. The van der Waals surface area contributed by atoms with Crippen LogP contribution in [0.5, 0.6) is 0 Å². The van der Waals surface area contributed by atoms with E-state index in [1.54, 1.807) is 0 Å². The number of hydrogen-bond donors (Lipinski definition) is 1. The van der Waals surface area contributed by atoms with Crippen LogP contribution >= 0.6 is 11.3 Å². The number of nitrogens with one attached hydrogen (secondary N) is 1. The molecular formula is C12H13NOS. The molecule has 1 N–H and O–H groups in total. The molecule has 2 aromatic rings. The maximum Gasteiger partial charge on any atom is 0.104 e. The van der Waals surface area contributed by atoms with E-state index >= 15 is 0 Å². The number of fused-ring (bicyclic) bond motifs is 1. The fourth-order valence-corrected chi connectivity index (χ4v) is 3.02. The van der Waals surface area contributed by atoms with Crippen LogP contribution in [0, 0.1) is 0 Å². The van der Waals surface area contributed by atoms with Crippen molar-refractivity contribution in [1.82, 2.24) is 5.32 Å². The highest BCUT2D eigenvalue weighted by Crippen LogP contribution is 2.31. The van der Waals surface area contributed by atoms with E-state index in [1.807, 2.05) is 11.3 Å². The second kappa shape index (κ2) is 3.93.